The van der Waals surface area contributed by atoms with Crippen LogP contribution in [0.4, 0.5) is 11.4 Å². The minimum absolute atomic E-state index is 0.319. The van der Waals surface area contributed by atoms with Crippen molar-refractivity contribution in [2.24, 2.45) is 0 Å². The number of nitrogen functional groups attached to an aromatic ring is 2. The summed E-state index contributed by atoms with van der Waals surface area (Å²) in [5.74, 6) is -0.230. The lowest BCUT2D eigenvalue weighted by Gasteiger charge is -2.11. The number of hydrogen-bond donors (Lipinski definition) is 2. The molecule has 4 N–H and O–H groups in total. The summed E-state index contributed by atoms with van der Waals surface area (Å²) in [6.07, 6.45) is 1.09. The molecule has 0 spiro atoms. The molecule has 4 nitrogen and oxygen atoms in total. The van der Waals surface area contributed by atoms with Gasteiger partial charge in [0.25, 0.3) is 0 Å². The molecule has 0 aliphatic heterocycles. The van der Waals surface area contributed by atoms with Crippen molar-refractivity contribution in [3.63, 3.8) is 0 Å². The van der Waals surface area contributed by atoms with E-state index in [1.807, 2.05) is 18.2 Å². The lowest BCUT2D eigenvalue weighted by atomic mass is 10.1. The molecule has 17 heavy (non-hydrogen) atoms. The predicted octanol–water partition coefficient (Wildman–Crippen LogP) is 2.10. The van der Waals surface area contributed by atoms with Crippen LogP contribution in [0.5, 0.6) is 5.75 Å². The summed E-state index contributed by atoms with van der Waals surface area (Å²) in [6, 6.07) is 8.90. The van der Waals surface area contributed by atoms with E-state index in [0.29, 0.717) is 22.5 Å². The van der Waals surface area contributed by atoms with Crippen molar-refractivity contribution in [3.8, 4) is 5.75 Å². The molecule has 86 valence electrons. The van der Waals surface area contributed by atoms with Gasteiger partial charge in [-0.05, 0) is 6.07 Å². The van der Waals surface area contributed by atoms with Crippen LogP contribution in [0.25, 0.3) is 10.8 Å². The van der Waals surface area contributed by atoms with Crippen molar-refractivity contribution in [2.75, 3.05) is 11.5 Å². The van der Waals surface area contributed by atoms with Gasteiger partial charge < -0.3 is 16.2 Å². The standard InChI is InChI=1S/C13H12N2O2/c1-2-12(16)17-13-9-6-4-3-5-8(9)10(14)7-11(13)15/h2-7H,1,14-15H2. The Morgan fingerprint density at radius 3 is 2.47 bits per heavy atom. The normalized spacial score (nSPS) is 10.1. The van der Waals surface area contributed by atoms with Gasteiger partial charge in [-0.25, -0.2) is 4.79 Å². The van der Waals surface area contributed by atoms with Crippen molar-refractivity contribution in [1.82, 2.24) is 0 Å². The fourth-order valence-corrected chi connectivity index (χ4v) is 1.66. The first-order chi connectivity index (χ1) is 8.13. The second kappa shape index (κ2) is 4.17. The van der Waals surface area contributed by atoms with E-state index in [4.69, 9.17) is 16.2 Å². The molecule has 2 aromatic carbocycles. The van der Waals surface area contributed by atoms with Gasteiger partial charge in [0.05, 0.1) is 5.69 Å². The maximum atomic E-state index is 11.2. The predicted molar refractivity (Wildman–Crippen MR) is 68.6 cm³/mol. The number of nitrogens with two attached hydrogens (primary N) is 2. The molecule has 2 aromatic rings. The van der Waals surface area contributed by atoms with E-state index in [1.54, 1.807) is 12.1 Å². The van der Waals surface area contributed by atoms with Crippen LogP contribution in [-0.4, -0.2) is 5.97 Å². The van der Waals surface area contributed by atoms with Crippen molar-refractivity contribution in [3.05, 3.63) is 43.0 Å². The molecular weight excluding hydrogens is 216 g/mol. The highest BCUT2D eigenvalue weighted by Crippen LogP contribution is 2.35. The second-order valence-corrected chi connectivity index (χ2v) is 3.55. The molecule has 0 bridgehead atoms. The van der Waals surface area contributed by atoms with Crippen molar-refractivity contribution >= 4 is 28.1 Å². The maximum Gasteiger partial charge on any atom is 0.335 e. The van der Waals surface area contributed by atoms with Gasteiger partial charge in [-0.15, -0.1) is 0 Å². The third-order valence-corrected chi connectivity index (χ3v) is 2.43. The van der Waals surface area contributed by atoms with Crippen LogP contribution in [0.15, 0.2) is 43.0 Å². The number of ether oxygens (including phenoxy) is 1. The molecule has 0 aliphatic rings. The van der Waals surface area contributed by atoms with E-state index in [9.17, 15) is 4.79 Å². The highest BCUT2D eigenvalue weighted by Gasteiger charge is 2.11. The Labute approximate surface area is 98.5 Å². The van der Waals surface area contributed by atoms with E-state index >= 15 is 0 Å². The van der Waals surface area contributed by atoms with E-state index in [2.05, 4.69) is 6.58 Å². The monoisotopic (exact) mass is 228 g/mol. The lowest BCUT2D eigenvalue weighted by molar-refractivity contribution is -0.128. The van der Waals surface area contributed by atoms with Gasteiger partial charge in [0.2, 0.25) is 0 Å². The van der Waals surface area contributed by atoms with Crippen LogP contribution in [0.2, 0.25) is 0 Å². The average molecular weight is 228 g/mol. The Hall–Kier alpha value is -2.49. The molecule has 0 heterocycles. The smallest absolute Gasteiger partial charge is 0.335 e. The number of anilines is 2. The van der Waals surface area contributed by atoms with Crippen LogP contribution < -0.4 is 16.2 Å². The molecule has 0 radical (unpaired) electrons. The average Bonchev–Trinajstić information content (AvgIpc) is 2.34. The Bertz CT molecular complexity index is 606. The summed E-state index contributed by atoms with van der Waals surface area (Å²) in [4.78, 5) is 11.2. The highest BCUT2D eigenvalue weighted by atomic mass is 16.5. The number of hydrogen-bond acceptors (Lipinski definition) is 4. The number of carbonyl (C=O) groups is 1. The summed E-state index contributed by atoms with van der Waals surface area (Å²) < 4.78 is 5.13. The molecule has 0 aromatic heterocycles. The number of benzene rings is 2. The summed E-state index contributed by atoms with van der Waals surface area (Å²) >= 11 is 0. The minimum atomic E-state index is -0.549. The fraction of sp³-hybridized carbons (Fsp3) is 0. The molecule has 0 amide bonds. The zero-order chi connectivity index (χ0) is 12.4. The number of rotatable bonds is 2. The summed E-state index contributed by atoms with van der Waals surface area (Å²) in [6.45, 7) is 3.34. The third kappa shape index (κ3) is 1.92. The topological polar surface area (TPSA) is 78.3 Å². The molecule has 0 saturated heterocycles. The number of fused-ring (bicyclic) bond motifs is 1. The quantitative estimate of drug-likeness (QED) is 0.357. The van der Waals surface area contributed by atoms with Gasteiger partial charge in [0.1, 0.15) is 0 Å². The molecule has 0 saturated carbocycles. The van der Waals surface area contributed by atoms with E-state index in [0.717, 1.165) is 11.5 Å². The van der Waals surface area contributed by atoms with E-state index in [-0.39, 0.29) is 0 Å². The third-order valence-electron chi connectivity index (χ3n) is 2.43. The van der Waals surface area contributed by atoms with Gasteiger partial charge in [-0.2, -0.15) is 0 Å². The zero-order valence-electron chi connectivity index (χ0n) is 9.14. The van der Waals surface area contributed by atoms with Crippen LogP contribution in [0, 0.1) is 0 Å². The molecule has 0 atom stereocenters. The zero-order valence-corrected chi connectivity index (χ0v) is 9.14. The molecule has 4 heteroatoms. The maximum absolute atomic E-state index is 11.2. The first kappa shape index (κ1) is 11.0. The summed E-state index contributed by atoms with van der Waals surface area (Å²) in [5.41, 5.74) is 12.5. The Kier molecular flexibility index (Phi) is 2.70. The SMILES string of the molecule is C=CC(=O)Oc1c(N)cc(N)c2ccccc12. The largest absolute Gasteiger partial charge is 0.420 e. The molecule has 0 aliphatic carbocycles. The van der Waals surface area contributed by atoms with Crippen molar-refractivity contribution in [2.45, 2.75) is 0 Å². The molecule has 0 unspecified atom stereocenters. The van der Waals surface area contributed by atoms with Gasteiger partial charge in [-0.1, -0.05) is 30.8 Å². The lowest BCUT2D eigenvalue weighted by Crippen LogP contribution is -2.06. The van der Waals surface area contributed by atoms with Crippen molar-refractivity contribution in [1.29, 1.82) is 0 Å². The first-order valence-electron chi connectivity index (χ1n) is 5.04. The Balaban J connectivity index is 2.69. The summed E-state index contributed by atoms with van der Waals surface area (Å²) in [5, 5.41) is 1.51. The van der Waals surface area contributed by atoms with E-state index in [1.165, 1.54) is 0 Å². The van der Waals surface area contributed by atoms with Crippen molar-refractivity contribution < 1.29 is 9.53 Å². The van der Waals surface area contributed by atoms with Gasteiger partial charge >= 0.3 is 5.97 Å². The van der Waals surface area contributed by atoms with Crippen LogP contribution in [-0.2, 0) is 4.79 Å². The van der Waals surface area contributed by atoms with Crippen LogP contribution >= 0.6 is 0 Å². The van der Waals surface area contributed by atoms with Crippen LogP contribution in [0.3, 0.4) is 0 Å². The van der Waals surface area contributed by atoms with Gasteiger partial charge in [-0.3, -0.25) is 0 Å². The number of esters is 1. The molecule has 0 fully saturated rings. The van der Waals surface area contributed by atoms with Gasteiger partial charge in [0.15, 0.2) is 5.75 Å². The van der Waals surface area contributed by atoms with E-state index < -0.39 is 5.97 Å². The number of carbonyl (C=O) groups excluding carboxylic acids is 1. The first-order valence-corrected chi connectivity index (χ1v) is 5.04. The second-order valence-electron chi connectivity index (χ2n) is 3.55. The minimum Gasteiger partial charge on any atom is -0.420 e. The Morgan fingerprint density at radius 1 is 1.18 bits per heavy atom. The molecule has 2 rings (SSSR count). The van der Waals surface area contributed by atoms with Gasteiger partial charge in [0, 0.05) is 22.5 Å². The fourth-order valence-electron chi connectivity index (χ4n) is 1.66. The molecular formula is C13H12N2O2. The summed E-state index contributed by atoms with van der Waals surface area (Å²) in [7, 11) is 0. The highest BCUT2D eigenvalue weighted by molar-refractivity contribution is 6.02. The Morgan fingerprint density at radius 2 is 1.82 bits per heavy atom. The van der Waals surface area contributed by atoms with Crippen LogP contribution in [0.1, 0.15) is 0 Å².